The maximum atomic E-state index is 11.7. The van der Waals surface area contributed by atoms with Crippen molar-refractivity contribution in [1.82, 2.24) is 0 Å². The van der Waals surface area contributed by atoms with Gasteiger partial charge in [-0.05, 0) is 50.0 Å². The van der Waals surface area contributed by atoms with Crippen molar-refractivity contribution in [3.63, 3.8) is 0 Å². The SMILES string of the molecule is Cc1ccc(C=CC(=O)OCCCCOC(=O)/C=C/c2ccc(C)cc2)cc1. The molecule has 2 rings (SSSR count). The lowest BCUT2D eigenvalue weighted by Gasteiger charge is -2.03. The lowest BCUT2D eigenvalue weighted by Crippen LogP contribution is -2.06. The van der Waals surface area contributed by atoms with E-state index in [2.05, 4.69) is 0 Å². The van der Waals surface area contributed by atoms with Crippen LogP contribution >= 0.6 is 0 Å². The van der Waals surface area contributed by atoms with Gasteiger partial charge in [0.2, 0.25) is 0 Å². The molecule has 0 atom stereocenters. The summed E-state index contributed by atoms with van der Waals surface area (Å²) in [5.41, 5.74) is 4.25. The molecular formula is C24H26O4. The van der Waals surface area contributed by atoms with Crippen molar-refractivity contribution in [3.8, 4) is 0 Å². The second kappa shape index (κ2) is 11.5. The van der Waals surface area contributed by atoms with Gasteiger partial charge in [-0.15, -0.1) is 0 Å². The van der Waals surface area contributed by atoms with E-state index in [9.17, 15) is 9.59 Å². The van der Waals surface area contributed by atoms with Crippen LogP contribution in [0.1, 0.15) is 35.1 Å². The Balaban J connectivity index is 1.56. The van der Waals surface area contributed by atoms with Crippen molar-refractivity contribution in [2.45, 2.75) is 26.7 Å². The molecule has 0 radical (unpaired) electrons. The van der Waals surface area contributed by atoms with Crippen LogP contribution in [0.3, 0.4) is 0 Å². The van der Waals surface area contributed by atoms with Gasteiger partial charge in [0.1, 0.15) is 0 Å². The molecule has 0 aliphatic rings. The first kappa shape index (κ1) is 21.2. The topological polar surface area (TPSA) is 52.6 Å². The summed E-state index contributed by atoms with van der Waals surface area (Å²) in [5.74, 6) is -0.753. The predicted octanol–water partition coefficient (Wildman–Crippen LogP) is 4.90. The molecule has 0 aliphatic heterocycles. The van der Waals surface area contributed by atoms with E-state index in [-0.39, 0.29) is 11.9 Å². The average molecular weight is 378 g/mol. The lowest BCUT2D eigenvalue weighted by molar-refractivity contribution is -0.140. The third kappa shape index (κ3) is 8.49. The van der Waals surface area contributed by atoms with E-state index in [1.54, 1.807) is 12.2 Å². The minimum absolute atomic E-state index is 0.299. The number of unbranched alkanes of at least 4 members (excludes halogenated alkanes) is 1. The second-order valence-electron chi connectivity index (χ2n) is 6.53. The third-order valence-corrected chi connectivity index (χ3v) is 4.01. The molecule has 0 aromatic heterocycles. The van der Waals surface area contributed by atoms with Gasteiger partial charge in [-0.3, -0.25) is 0 Å². The molecule has 28 heavy (non-hydrogen) atoms. The molecule has 0 spiro atoms. The van der Waals surface area contributed by atoms with Crippen LogP contribution in [0.15, 0.2) is 60.7 Å². The van der Waals surface area contributed by atoms with E-state index in [0.29, 0.717) is 26.1 Å². The van der Waals surface area contributed by atoms with Crippen LogP contribution < -0.4 is 0 Å². The van der Waals surface area contributed by atoms with Gasteiger partial charge in [0.05, 0.1) is 13.2 Å². The Bertz CT molecular complexity index is 743. The number of rotatable bonds is 9. The Morgan fingerprint density at radius 1 is 0.679 bits per heavy atom. The number of aryl methyl sites for hydroxylation is 2. The van der Waals surface area contributed by atoms with Gasteiger partial charge in [0.15, 0.2) is 0 Å². The fraction of sp³-hybridized carbons (Fsp3) is 0.250. The number of hydrogen-bond acceptors (Lipinski definition) is 4. The van der Waals surface area contributed by atoms with Crippen molar-refractivity contribution in [1.29, 1.82) is 0 Å². The number of hydrogen-bond donors (Lipinski definition) is 0. The number of esters is 2. The highest BCUT2D eigenvalue weighted by Gasteiger charge is 2.00. The van der Waals surface area contributed by atoms with Gasteiger partial charge in [0, 0.05) is 12.2 Å². The largest absolute Gasteiger partial charge is 0.463 e. The fourth-order valence-electron chi connectivity index (χ4n) is 2.33. The summed E-state index contributed by atoms with van der Waals surface area (Å²) in [6.07, 6.45) is 7.56. The van der Waals surface area contributed by atoms with E-state index >= 15 is 0 Å². The van der Waals surface area contributed by atoms with E-state index in [1.165, 1.54) is 23.3 Å². The van der Waals surface area contributed by atoms with E-state index in [4.69, 9.17) is 9.47 Å². The van der Waals surface area contributed by atoms with Gasteiger partial charge in [-0.25, -0.2) is 9.59 Å². The fourth-order valence-corrected chi connectivity index (χ4v) is 2.33. The molecule has 146 valence electrons. The van der Waals surface area contributed by atoms with E-state index in [1.807, 2.05) is 62.4 Å². The van der Waals surface area contributed by atoms with Crippen LogP contribution in [0.25, 0.3) is 12.2 Å². The molecule has 0 heterocycles. The van der Waals surface area contributed by atoms with Gasteiger partial charge in [-0.1, -0.05) is 59.7 Å². The summed E-state index contributed by atoms with van der Waals surface area (Å²) in [7, 11) is 0. The van der Waals surface area contributed by atoms with E-state index in [0.717, 1.165) is 11.1 Å². The minimum Gasteiger partial charge on any atom is -0.463 e. The van der Waals surface area contributed by atoms with Gasteiger partial charge in [-0.2, -0.15) is 0 Å². The smallest absolute Gasteiger partial charge is 0.330 e. The molecule has 0 amide bonds. The summed E-state index contributed by atoms with van der Waals surface area (Å²) in [6.45, 7) is 4.63. The number of carbonyl (C=O) groups excluding carboxylic acids is 2. The first-order valence-corrected chi connectivity index (χ1v) is 9.36. The minimum atomic E-state index is -0.376. The molecule has 0 fully saturated rings. The van der Waals surface area contributed by atoms with Gasteiger partial charge < -0.3 is 9.47 Å². The molecule has 0 N–H and O–H groups in total. The van der Waals surface area contributed by atoms with Gasteiger partial charge >= 0.3 is 11.9 Å². The molecular weight excluding hydrogens is 352 g/mol. The number of carbonyl (C=O) groups is 2. The highest BCUT2D eigenvalue weighted by atomic mass is 16.5. The first-order valence-electron chi connectivity index (χ1n) is 9.36. The first-order chi connectivity index (χ1) is 13.5. The monoisotopic (exact) mass is 378 g/mol. The molecule has 4 nitrogen and oxygen atoms in total. The maximum Gasteiger partial charge on any atom is 0.330 e. The summed E-state index contributed by atoms with van der Waals surface area (Å²) >= 11 is 0. The van der Waals surface area contributed by atoms with Crippen LogP contribution in [0.2, 0.25) is 0 Å². The van der Waals surface area contributed by atoms with Crippen LogP contribution in [0.4, 0.5) is 0 Å². The molecule has 0 aliphatic carbocycles. The van der Waals surface area contributed by atoms with E-state index < -0.39 is 0 Å². The second-order valence-corrected chi connectivity index (χ2v) is 6.53. The molecule has 2 aromatic carbocycles. The Morgan fingerprint density at radius 2 is 1.04 bits per heavy atom. The third-order valence-electron chi connectivity index (χ3n) is 4.01. The maximum absolute atomic E-state index is 11.7. The molecule has 0 bridgehead atoms. The predicted molar refractivity (Wildman–Crippen MR) is 112 cm³/mol. The number of benzene rings is 2. The summed E-state index contributed by atoms with van der Waals surface area (Å²) in [6, 6.07) is 15.7. The quantitative estimate of drug-likeness (QED) is 0.354. The van der Waals surface area contributed by atoms with Crippen LogP contribution in [0.5, 0.6) is 0 Å². The summed E-state index contributed by atoms with van der Waals surface area (Å²) in [5, 5.41) is 0. The highest BCUT2D eigenvalue weighted by molar-refractivity contribution is 5.87. The molecule has 0 saturated heterocycles. The standard InChI is InChI=1S/C24H26O4/c1-19-5-9-21(10-6-19)13-15-23(25)27-17-3-4-18-28-24(26)16-14-22-11-7-20(2)8-12-22/h5-16H,3-4,17-18H2,1-2H3/b15-13+,16-14?. The highest BCUT2D eigenvalue weighted by Crippen LogP contribution is 2.06. The molecule has 2 aromatic rings. The van der Waals surface area contributed by atoms with Crippen molar-refractivity contribution in [3.05, 3.63) is 82.9 Å². The zero-order valence-corrected chi connectivity index (χ0v) is 16.4. The zero-order valence-electron chi connectivity index (χ0n) is 16.4. The summed E-state index contributed by atoms with van der Waals surface area (Å²) in [4.78, 5) is 23.3. The van der Waals surface area contributed by atoms with Gasteiger partial charge in [0.25, 0.3) is 0 Å². The zero-order chi connectivity index (χ0) is 20.2. The molecule has 0 saturated carbocycles. The van der Waals surface area contributed by atoms with Crippen molar-refractivity contribution in [2.24, 2.45) is 0 Å². The van der Waals surface area contributed by atoms with Crippen molar-refractivity contribution < 1.29 is 19.1 Å². The lowest BCUT2D eigenvalue weighted by atomic mass is 10.1. The van der Waals surface area contributed by atoms with Crippen LogP contribution in [0, 0.1) is 13.8 Å². The average Bonchev–Trinajstić information content (AvgIpc) is 2.69. The Labute approximate surface area is 166 Å². The summed E-state index contributed by atoms with van der Waals surface area (Å²) < 4.78 is 10.3. The van der Waals surface area contributed by atoms with Crippen molar-refractivity contribution >= 4 is 24.1 Å². The number of ether oxygens (including phenoxy) is 2. The molecule has 4 heteroatoms. The van der Waals surface area contributed by atoms with Crippen molar-refractivity contribution in [2.75, 3.05) is 13.2 Å². The Kier molecular flexibility index (Phi) is 8.73. The van der Waals surface area contributed by atoms with Crippen LogP contribution in [-0.4, -0.2) is 25.2 Å². The Morgan fingerprint density at radius 3 is 1.39 bits per heavy atom. The van der Waals surface area contributed by atoms with Crippen LogP contribution in [-0.2, 0) is 19.1 Å². The normalized spacial score (nSPS) is 11.1. The Hall–Kier alpha value is -3.14. The molecule has 0 unspecified atom stereocenters.